The molecule has 5 N–H and O–H groups in total. The van der Waals surface area contributed by atoms with Crippen LogP contribution in [0.1, 0.15) is 22.3 Å². The molecule has 13 heteroatoms. The standard InChI is InChI=1S/C30H27FN4O8/c1-35(2)22-16-10-14-9-13-5-8-17(33-29-34-18(11-43-29)12-3-6-15(31)7-4-12)23(36)19(13)24(37)20(14)26(39)30(16,42)27(40)21(25(22)38)28(32)41/h3-8,11,14,16,20-22,36,42H,9-10H2,1-2H3,(H2,32,41)(H,33,34)/t14-,16-,20?,21?,22-,30-/m1/s1. The Bertz CT molecular complexity index is 1720. The number of halogens is 1. The molecule has 0 radical (unpaired) electrons. The van der Waals surface area contributed by atoms with E-state index in [0.29, 0.717) is 16.8 Å². The van der Waals surface area contributed by atoms with Crippen molar-refractivity contribution in [2.45, 2.75) is 24.5 Å². The minimum absolute atomic E-state index is 0.0346. The first kappa shape index (κ1) is 28.4. The molecule has 0 bridgehead atoms. The minimum Gasteiger partial charge on any atom is -0.505 e. The van der Waals surface area contributed by atoms with Crippen LogP contribution in [0, 0.1) is 29.5 Å². The molecule has 43 heavy (non-hydrogen) atoms. The van der Waals surface area contributed by atoms with Gasteiger partial charge in [0.25, 0.3) is 6.01 Å². The molecular formula is C30H27FN4O8. The number of nitrogens with zero attached hydrogens (tertiary/aromatic N) is 2. The summed E-state index contributed by atoms with van der Waals surface area (Å²) in [7, 11) is 3.05. The van der Waals surface area contributed by atoms with Gasteiger partial charge in [-0.25, -0.2) is 4.39 Å². The first-order valence-corrected chi connectivity index (χ1v) is 13.5. The second kappa shape index (κ2) is 9.92. The third kappa shape index (κ3) is 4.18. The number of phenolic OH excluding ortho intramolecular Hbond substituents is 1. The first-order chi connectivity index (χ1) is 20.3. The number of rotatable bonds is 5. The van der Waals surface area contributed by atoms with E-state index in [2.05, 4.69) is 10.3 Å². The summed E-state index contributed by atoms with van der Waals surface area (Å²) in [4.78, 5) is 72.1. The molecule has 3 aliphatic rings. The van der Waals surface area contributed by atoms with Gasteiger partial charge in [-0.2, -0.15) is 4.98 Å². The fourth-order valence-electron chi connectivity index (χ4n) is 6.88. The number of hydrogen-bond acceptors (Lipinski definition) is 11. The van der Waals surface area contributed by atoms with Gasteiger partial charge in [0.05, 0.1) is 23.2 Å². The Morgan fingerprint density at radius 2 is 1.81 bits per heavy atom. The van der Waals surface area contributed by atoms with Crippen LogP contribution >= 0.6 is 0 Å². The van der Waals surface area contributed by atoms with Crippen molar-refractivity contribution in [2.75, 3.05) is 19.4 Å². The van der Waals surface area contributed by atoms with Crippen LogP contribution in [0.3, 0.4) is 0 Å². The Morgan fingerprint density at radius 3 is 2.47 bits per heavy atom. The lowest BCUT2D eigenvalue weighted by molar-refractivity contribution is -0.181. The van der Waals surface area contributed by atoms with Crippen molar-refractivity contribution in [1.29, 1.82) is 0 Å². The Morgan fingerprint density at radius 1 is 1.12 bits per heavy atom. The predicted octanol–water partition coefficient (Wildman–Crippen LogP) is 1.40. The van der Waals surface area contributed by atoms with Gasteiger partial charge in [0.2, 0.25) is 5.91 Å². The highest BCUT2D eigenvalue weighted by molar-refractivity contribution is 6.32. The van der Waals surface area contributed by atoms with Crippen LogP contribution in [0.2, 0.25) is 0 Å². The Hall–Kier alpha value is -4.75. The number of hydrogen-bond donors (Lipinski definition) is 4. The molecule has 2 saturated carbocycles. The number of aliphatic hydroxyl groups is 1. The fraction of sp³-hybridized carbons (Fsp3) is 0.333. The van der Waals surface area contributed by atoms with Crippen molar-refractivity contribution in [2.24, 2.45) is 29.4 Å². The second-order valence-electron chi connectivity index (χ2n) is 11.5. The molecule has 12 nitrogen and oxygen atoms in total. The smallest absolute Gasteiger partial charge is 0.299 e. The summed E-state index contributed by atoms with van der Waals surface area (Å²) in [6.07, 6.45) is 1.44. The number of Topliss-reactive ketones (excluding diaryl/α,β-unsaturated/α-hetero) is 4. The number of amides is 1. The number of carbonyl (C=O) groups excluding carboxylic acids is 5. The van der Waals surface area contributed by atoms with E-state index in [9.17, 15) is 38.6 Å². The molecule has 0 saturated heterocycles. The SMILES string of the molecule is CN(C)[C@H]1C(=O)C(C(N)=O)C(=O)[C@]2(O)C(=O)C3C(=O)c4c(ccc(Nc5nc(-c6ccc(F)cc6)co5)c4O)C[C@@H]3C[C@H]12. The first-order valence-electron chi connectivity index (χ1n) is 13.5. The molecule has 0 aliphatic heterocycles. The number of ketones is 4. The highest BCUT2D eigenvalue weighted by atomic mass is 19.1. The zero-order valence-corrected chi connectivity index (χ0v) is 23.0. The number of aromatic nitrogens is 1. The topological polar surface area (TPSA) is 193 Å². The summed E-state index contributed by atoms with van der Waals surface area (Å²) >= 11 is 0. The summed E-state index contributed by atoms with van der Waals surface area (Å²) in [6, 6.07) is 7.48. The van der Waals surface area contributed by atoms with E-state index in [1.165, 1.54) is 55.6 Å². The molecule has 2 fully saturated rings. The number of nitrogens with one attached hydrogen (secondary N) is 1. The highest BCUT2D eigenvalue weighted by Crippen LogP contribution is 2.51. The molecule has 0 spiro atoms. The monoisotopic (exact) mass is 590 g/mol. The number of nitrogens with two attached hydrogens (primary N) is 1. The third-order valence-electron chi connectivity index (χ3n) is 8.82. The van der Waals surface area contributed by atoms with Crippen LogP contribution in [0.15, 0.2) is 47.1 Å². The van der Waals surface area contributed by atoms with Crippen LogP contribution in [-0.2, 0) is 25.6 Å². The Labute approximate surface area is 243 Å². The van der Waals surface area contributed by atoms with Gasteiger partial charge in [-0.05, 0) is 68.8 Å². The van der Waals surface area contributed by atoms with E-state index in [4.69, 9.17) is 10.2 Å². The van der Waals surface area contributed by atoms with Crippen LogP contribution < -0.4 is 11.1 Å². The minimum atomic E-state index is -2.79. The normalized spacial score (nSPS) is 28.3. The van der Waals surface area contributed by atoms with E-state index in [-0.39, 0.29) is 30.1 Å². The van der Waals surface area contributed by atoms with Gasteiger partial charge in [-0.15, -0.1) is 0 Å². The van der Waals surface area contributed by atoms with Gasteiger partial charge in [0.1, 0.15) is 23.5 Å². The summed E-state index contributed by atoms with van der Waals surface area (Å²) in [5.74, 6) is -11.6. The number of phenols is 1. The van der Waals surface area contributed by atoms with Crippen LogP contribution in [-0.4, -0.2) is 74.9 Å². The van der Waals surface area contributed by atoms with E-state index >= 15 is 0 Å². The largest absolute Gasteiger partial charge is 0.505 e. The lowest BCUT2D eigenvalue weighted by Gasteiger charge is -2.52. The number of fused-ring (bicyclic) bond motifs is 3. The maximum absolute atomic E-state index is 13.9. The zero-order chi connectivity index (χ0) is 31.0. The maximum Gasteiger partial charge on any atom is 0.299 e. The highest BCUT2D eigenvalue weighted by Gasteiger charge is 2.69. The van der Waals surface area contributed by atoms with Gasteiger partial charge in [-0.3, -0.25) is 28.9 Å². The number of benzene rings is 2. The second-order valence-corrected chi connectivity index (χ2v) is 11.5. The average Bonchev–Trinajstić information content (AvgIpc) is 3.41. The van der Waals surface area contributed by atoms with Crippen molar-refractivity contribution in [1.82, 2.24) is 9.88 Å². The summed E-state index contributed by atoms with van der Waals surface area (Å²) < 4.78 is 18.7. The Balaban J connectivity index is 1.34. The molecule has 222 valence electrons. The number of anilines is 2. The summed E-state index contributed by atoms with van der Waals surface area (Å²) in [5.41, 5.74) is 3.83. The quantitative estimate of drug-likeness (QED) is 0.248. The van der Waals surface area contributed by atoms with Crippen molar-refractivity contribution in [3.63, 3.8) is 0 Å². The number of aromatic hydroxyl groups is 1. The predicted molar refractivity (Wildman–Crippen MR) is 147 cm³/mol. The molecular weight excluding hydrogens is 563 g/mol. The average molecular weight is 591 g/mol. The van der Waals surface area contributed by atoms with E-state index in [1.54, 1.807) is 6.07 Å². The number of oxazole rings is 1. The molecule has 2 aromatic carbocycles. The van der Waals surface area contributed by atoms with Crippen LogP contribution in [0.25, 0.3) is 11.3 Å². The van der Waals surface area contributed by atoms with E-state index in [1.807, 2.05) is 0 Å². The van der Waals surface area contributed by atoms with E-state index in [0.717, 1.165) is 0 Å². The summed E-state index contributed by atoms with van der Waals surface area (Å²) in [5, 5.41) is 25.6. The molecule has 2 unspecified atom stereocenters. The molecule has 6 rings (SSSR count). The summed E-state index contributed by atoms with van der Waals surface area (Å²) in [6.45, 7) is 0. The third-order valence-corrected chi connectivity index (χ3v) is 8.82. The molecule has 3 aliphatic carbocycles. The van der Waals surface area contributed by atoms with Crippen LogP contribution in [0.4, 0.5) is 16.1 Å². The molecule has 1 amide bonds. The van der Waals surface area contributed by atoms with E-state index < -0.39 is 75.9 Å². The van der Waals surface area contributed by atoms with Gasteiger partial charge < -0.3 is 25.7 Å². The zero-order valence-electron chi connectivity index (χ0n) is 23.0. The molecule has 3 aromatic rings. The molecule has 1 aromatic heterocycles. The number of carbonyl (C=O) groups is 5. The molecule has 1 heterocycles. The number of likely N-dealkylation sites (N-methyl/N-ethyl adjacent to an activating group) is 1. The Kier molecular flexibility index (Phi) is 6.54. The number of primary amides is 1. The maximum atomic E-state index is 13.9. The lowest BCUT2D eigenvalue weighted by atomic mass is 9.52. The lowest BCUT2D eigenvalue weighted by Crippen LogP contribution is -2.74. The van der Waals surface area contributed by atoms with Crippen molar-refractivity contribution in [3.8, 4) is 17.0 Å². The van der Waals surface area contributed by atoms with Crippen molar-refractivity contribution < 1.29 is 43.0 Å². The fourth-order valence-corrected chi connectivity index (χ4v) is 6.88. The van der Waals surface area contributed by atoms with Gasteiger partial charge >= 0.3 is 0 Å². The molecule has 6 atom stereocenters. The van der Waals surface area contributed by atoms with Crippen molar-refractivity contribution in [3.05, 3.63) is 59.6 Å². The van der Waals surface area contributed by atoms with Gasteiger partial charge in [0.15, 0.2) is 34.7 Å². The van der Waals surface area contributed by atoms with Gasteiger partial charge in [0, 0.05) is 11.5 Å². The van der Waals surface area contributed by atoms with Crippen molar-refractivity contribution >= 4 is 40.7 Å². The van der Waals surface area contributed by atoms with Gasteiger partial charge in [-0.1, -0.05) is 6.07 Å². The van der Waals surface area contributed by atoms with Crippen LogP contribution in [0.5, 0.6) is 5.75 Å².